The van der Waals surface area contributed by atoms with Gasteiger partial charge in [0.1, 0.15) is 0 Å². The molecule has 1 atom stereocenters. The van der Waals surface area contributed by atoms with Gasteiger partial charge in [-0.1, -0.05) is 0 Å². The van der Waals surface area contributed by atoms with Crippen molar-refractivity contribution in [2.75, 3.05) is 12.1 Å². The topological polar surface area (TPSA) is 26.3 Å². The third-order valence-corrected chi connectivity index (χ3v) is 1.86. The number of hydrogen-bond acceptors (Lipinski definition) is 3. The molecule has 0 fully saturated rings. The van der Waals surface area contributed by atoms with Crippen LogP contribution in [-0.4, -0.2) is 12.1 Å². The summed E-state index contributed by atoms with van der Waals surface area (Å²) in [5.74, 6) is 0. The Kier molecular flexibility index (Phi) is 4.83. The van der Waals surface area contributed by atoms with E-state index in [0.717, 1.165) is 0 Å². The first-order valence-corrected chi connectivity index (χ1v) is 3.99. The number of thiol groups is 1. The Balaban J connectivity index is 3.00. The Hall–Kier alpha value is 0.410. The molecule has 7 heavy (non-hydrogen) atoms. The predicted molar refractivity (Wildman–Crippen MR) is 33.1 cm³/mol. The van der Waals surface area contributed by atoms with Gasteiger partial charge in [0.15, 0.2) is 0 Å². The van der Waals surface area contributed by atoms with E-state index in [2.05, 4.69) is 17.2 Å². The lowest BCUT2D eigenvalue weighted by molar-refractivity contribution is 0.353. The van der Waals surface area contributed by atoms with Crippen LogP contribution >= 0.6 is 20.7 Å². The Morgan fingerprint density at radius 1 is 1.86 bits per heavy atom. The fourth-order valence-corrected chi connectivity index (χ4v) is 0.799. The summed E-state index contributed by atoms with van der Waals surface area (Å²) in [6, 6.07) is 0. The van der Waals surface area contributed by atoms with Gasteiger partial charge >= 0.3 is 8.03 Å². The van der Waals surface area contributed by atoms with Gasteiger partial charge < -0.3 is 0 Å². The van der Waals surface area contributed by atoms with E-state index in [1.165, 1.54) is 0 Å². The molecule has 0 aliphatic rings. The van der Waals surface area contributed by atoms with E-state index in [0.29, 0.717) is 12.1 Å². The fourth-order valence-electron chi connectivity index (χ4n) is 0.185. The first-order chi connectivity index (χ1) is 3.31. The first kappa shape index (κ1) is 7.41. The molecule has 0 aliphatic carbocycles. The number of rotatable bonds is 3. The summed E-state index contributed by atoms with van der Waals surface area (Å²) in [6.07, 6.45) is 0. The molecule has 0 radical (unpaired) electrons. The second-order valence-corrected chi connectivity index (χ2v) is 2.95. The lowest BCUT2D eigenvalue weighted by Crippen LogP contribution is -1.75. The Bertz CT molecular complexity index is 66.0. The van der Waals surface area contributed by atoms with Crippen LogP contribution in [-0.2, 0) is 9.09 Å². The summed E-state index contributed by atoms with van der Waals surface area (Å²) >= 11 is 3.74. The summed E-state index contributed by atoms with van der Waals surface area (Å²) in [5, 5.41) is 0. The van der Waals surface area contributed by atoms with Crippen LogP contribution in [0.4, 0.5) is 0 Å². The highest BCUT2D eigenvalue weighted by molar-refractivity contribution is 7.86. The maximum Gasteiger partial charge on any atom is 0.518 e. The van der Waals surface area contributed by atoms with Crippen molar-refractivity contribution >= 4 is 20.7 Å². The quantitative estimate of drug-likeness (QED) is 0.475. The molecule has 0 aromatic rings. The van der Waals surface area contributed by atoms with Gasteiger partial charge in [0.2, 0.25) is 5.49 Å². The van der Waals surface area contributed by atoms with Crippen molar-refractivity contribution in [3.05, 3.63) is 0 Å². The second kappa shape index (κ2) is 4.57. The average Bonchev–Trinajstić information content (AvgIpc) is 1.68. The van der Waals surface area contributed by atoms with E-state index < -0.39 is 8.03 Å². The van der Waals surface area contributed by atoms with Gasteiger partial charge in [-0.2, -0.15) is 0 Å². The lowest BCUT2D eigenvalue weighted by atomic mass is 10.9. The lowest BCUT2D eigenvalue weighted by Gasteiger charge is -1.75. The number of hydrogen-bond donors (Lipinski definition) is 1. The molecular weight excluding hydrogens is 131 g/mol. The molecule has 4 heteroatoms. The highest BCUT2D eigenvalue weighted by Crippen LogP contribution is 2.21. The zero-order valence-corrected chi connectivity index (χ0v) is 5.91. The van der Waals surface area contributed by atoms with Crippen molar-refractivity contribution in [2.24, 2.45) is 0 Å². The van der Waals surface area contributed by atoms with Gasteiger partial charge in [-0.3, -0.25) is 0 Å². The molecule has 0 heterocycles. The largest absolute Gasteiger partial charge is 0.518 e. The Labute approximate surface area is 49.5 Å². The summed E-state index contributed by atoms with van der Waals surface area (Å²) in [5.41, 5.74) is 0.323. The van der Waals surface area contributed by atoms with E-state index in [9.17, 15) is 4.57 Å². The van der Waals surface area contributed by atoms with E-state index in [1.807, 2.05) is 0 Å². The van der Waals surface area contributed by atoms with Crippen LogP contribution < -0.4 is 0 Å². The van der Waals surface area contributed by atoms with Crippen LogP contribution in [0.15, 0.2) is 0 Å². The van der Waals surface area contributed by atoms with Gasteiger partial charge in [-0.15, -0.1) is 17.2 Å². The molecule has 0 saturated heterocycles. The summed E-state index contributed by atoms with van der Waals surface area (Å²) in [6.45, 7) is 2.31. The summed E-state index contributed by atoms with van der Waals surface area (Å²) < 4.78 is 14.9. The van der Waals surface area contributed by atoms with Gasteiger partial charge in [0.25, 0.3) is 0 Å². The fraction of sp³-hybridized carbons (Fsp3) is 1.00. The normalized spacial score (nSPS) is 11.4. The van der Waals surface area contributed by atoms with Crippen molar-refractivity contribution in [1.82, 2.24) is 0 Å². The minimum Gasteiger partial charge on any atom is -0.146 e. The zero-order chi connectivity index (χ0) is 5.70. The first-order valence-electron chi connectivity index (χ1n) is 1.99. The molecule has 2 nitrogen and oxygen atoms in total. The van der Waals surface area contributed by atoms with Crippen molar-refractivity contribution in [2.45, 2.75) is 6.92 Å². The van der Waals surface area contributed by atoms with Crippen LogP contribution in [0.25, 0.3) is 0 Å². The average molecular weight is 139 g/mol. The third kappa shape index (κ3) is 4.26. The Morgan fingerprint density at radius 3 is 2.57 bits per heavy atom. The molecular formula is C3H8O2PS+. The third-order valence-electron chi connectivity index (χ3n) is 0.389. The molecule has 0 N–H and O–H groups in total. The molecule has 0 aliphatic heterocycles. The second-order valence-electron chi connectivity index (χ2n) is 0.892. The van der Waals surface area contributed by atoms with Gasteiger partial charge in [-0.25, -0.2) is 0 Å². The zero-order valence-electron chi connectivity index (χ0n) is 4.13. The molecule has 0 aromatic carbocycles. The molecule has 42 valence electrons. The molecule has 1 unspecified atom stereocenters. The minimum atomic E-state index is -1.46. The van der Waals surface area contributed by atoms with E-state index in [4.69, 9.17) is 0 Å². The van der Waals surface area contributed by atoms with E-state index >= 15 is 0 Å². The van der Waals surface area contributed by atoms with Gasteiger partial charge in [0, 0.05) is 0 Å². The van der Waals surface area contributed by atoms with Crippen molar-refractivity contribution in [3.8, 4) is 0 Å². The minimum absolute atomic E-state index is 0.323. The smallest absolute Gasteiger partial charge is 0.146 e. The van der Waals surface area contributed by atoms with Gasteiger partial charge in [-0.05, 0) is 11.5 Å². The van der Waals surface area contributed by atoms with Crippen LogP contribution in [0.1, 0.15) is 6.92 Å². The maximum atomic E-state index is 10.3. The molecule has 0 aromatic heterocycles. The maximum absolute atomic E-state index is 10.3. The predicted octanol–water partition coefficient (Wildman–Crippen LogP) is 1.65. The van der Waals surface area contributed by atoms with Crippen LogP contribution in [0, 0.1) is 0 Å². The molecule has 0 bridgehead atoms. The monoisotopic (exact) mass is 139 g/mol. The molecule has 0 saturated carbocycles. The standard InChI is InChI=1S/C3H7O2PS/c1-2-5-6(4)3-7/h2-3H2,1H3/p+1. The molecule has 0 spiro atoms. The summed E-state index contributed by atoms with van der Waals surface area (Å²) in [4.78, 5) is 0. The van der Waals surface area contributed by atoms with Gasteiger partial charge in [0.05, 0.1) is 6.61 Å². The van der Waals surface area contributed by atoms with Crippen LogP contribution in [0.3, 0.4) is 0 Å². The van der Waals surface area contributed by atoms with Crippen molar-refractivity contribution in [1.29, 1.82) is 0 Å². The highest BCUT2D eigenvalue weighted by Gasteiger charge is 2.09. The SMILES string of the molecule is CCO[P+](=O)CS. The van der Waals surface area contributed by atoms with E-state index in [1.54, 1.807) is 6.92 Å². The Morgan fingerprint density at radius 2 is 2.43 bits per heavy atom. The highest BCUT2D eigenvalue weighted by atomic mass is 32.1. The van der Waals surface area contributed by atoms with Crippen molar-refractivity contribution in [3.63, 3.8) is 0 Å². The van der Waals surface area contributed by atoms with E-state index in [-0.39, 0.29) is 0 Å². The van der Waals surface area contributed by atoms with Crippen LogP contribution in [0.5, 0.6) is 0 Å². The summed E-state index contributed by atoms with van der Waals surface area (Å²) in [7, 11) is -1.46. The molecule has 0 amide bonds. The molecule has 0 rings (SSSR count). The van der Waals surface area contributed by atoms with Crippen LogP contribution in [0.2, 0.25) is 0 Å². The van der Waals surface area contributed by atoms with Crippen molar-refractivity contribution < 1.29 is 9.09 Å².